The maximum Gasteiger partial charge on any atom is 0.322 e. The Morgan fingerprint density at radius 1 is 1.19 bits per heavy atom. The first-order valence-corrected chi connectivity index (χ1v) is 9.30. The molecule has 1 aromatic heterocycles. The lowest BCUT2D eigenvalue weighted by Gasteiger charge is -2.14. The van der Waals surface area contributed by atoms with Gasteiger partial charge in [0.1, 0.15) is 11.9 Å². The molecule has 0 saturated heterocycles. The second-order valence-corrected chi connectivity index (χ2v) is 7.67. The van der Waals surface area contributed by atoms with Crippen LogP contribution < -0.4 is 4.72 Å². The number of sulfonamides is 1. The molecule has 0 bridgehead atoms. The van der Waals surface area contributed by atoms with E-state index < -0.39 is 27.9 Å². The van der Waals surface area contributed by atoms with E-state index in [1.165, 1.54) is 0 Å². The number of hydrogen-bond donors (Lipinski definition) is 2. The van der Waals surface area contributed by atoms with Crippen LogP contribution in [0.2, 0.25) is 0 Å². The van der Waals surface area contributed by atoms with E-state index in [0.29, 0.717) is 0 Å². The molecule has 0 saturated carbocycles. The van der Waals surface area contributed by atoms with E-state index in [4.69, 9.17) is 0 Å². The zero-order valence-corrected chi connectivity index (χ0v) is 14.7. The SMILES string of the molecule is Cn1cc(CC(NS(=O)(=O)c2ccc(F)cc2)C(=O)O)c2ccccc21. The lowest BCUT2D eigenvalue weighted by Crippen LogP contribution is -2.42. The quantitative estimate of drug-likeness (QED) is 0.691. The molecule has 136 valence electrons. The number of para-hydroxylation sites is 1. The fourth-order valence-corrected chi connectivity index (χ4v) is 4.05. The van der Waals surface area contributed by atoms with Crippen molar-refractivity contribution in [2.75, 3.05) is 0 Å². The minimum absolute atomic E-state index is 0.0168. The van der Waals surface area contributed by atoms with Crippen LogP contribution in [-0.2, 0) is 28.3 Å². The van der Waals surface area contributed by atoms with Crippen molar-refractivity contribution in [3.63, 3.8) is 0 Å². The largest absolute Gasteiger partial charge is 0.480 e. The molecule has 3 aromatic rings. The predicted molar refractivity (Wildman–Crippen MR) is 94.8 cm³/mol. The van der Waals surface area contributed by atoms with E-state index in [9.17, 15) is 22.7 Å². The first-order valence-electron chi connectivity index (χ1n) is 7.81. The molecule has 3 rings (SSSR count). The maximum absolute atomic E-state index is 13.0. The van der Waals surface area contributed by atoms with Crippen LogP contribution in [0.5, 0.6) is 0 Å². The maximum atomic E-state index is 13.0. The van der Waals surface area contributed by atoms with Gasteiger partial charge in [-0.1, -0.05) is 18.2 Å². The number of carbonyl (C=O) groups is 1. The van der Waals surface area contributed by atoms with Crippen molar-refractivity contribution < 1.29 is 22.7 Å². The van der Waals surface area contributed by atoms with Gasteiger partial charge in [-0.25, -0.2) is 12.8 Å². The summed E-state index contributed by atoms with van der Waals surface area (Å²) in [5.74, 6) is -1.86. The Bertz CT molecular complexity index is 1060. The van der Waals surface area contributed by atoms with Gasteiger partial charge in [0.25, 0.3) is 0 Å². The smallest absolute Gasteiger partial charge is 0.322 e. The topological polar surface area (TPSA) is 88.4 Å². The highest BCUT2D eigenvalue weighted by atomic mass is 32.2. The van der Waals surface area contributed by atoms with Gasteiger partial charge >= 0.3 is 5.97 Å². The lowest BCUT2D eigenvalue weighted by atomic mass is 10.1. The van der Waals surface area contributed by atoms with E-state index in [2.05, 4.69) is 4.72 Å². The van der Waals surface area contributed by atoms with Crippen molar-refractivity contribution in [3.05, 3.63) is 66.1 Å². The fourth-order valence-electron chi connectivity index (χ4n) is 2.86. The molecule has 26 heavy (non-hydrogen) atoms. The standard InChI is InChI=1S/C18H17FN2O4S/c1-21-11-12(15-4-2-3-5-17(15)21)10-16(18(22)23)20-26(24,25)14-8-6-13(19)7-9-14/h2-9,11,16,20H,10H2,1H3,(H,22,23). The molecule has 1 unspecified atom stereocenters. The first-order chi connectivity index (χ1) is 12.3. The second-order valence-electron chi connectivity index (χ2n) is 5.95. The molecule has 1 atom stereocenters. The summed E-state index contributed by atoms with van der Waals surface area (Å²) in [7, 11) is -2.25. The molecule has 0 aliphatic rings. The van der Waals surface area contributed by atoms with Crippen molar-refractivity contribution in [1.82, 2.24) is 9.29 Å². The number of rotatable bonds is 6. The highest BCUT2D eigenvalue weighted by Crippen LogP contribution is 2.22. The molecule has 2 aromatic carbocycles. The lowest BCUT2D eigenvalue weighted by molar-refractivity contribution is -0.138. The number of aryl methyl sites for hydroxylation is 1. The number of carboxylic acid groups (broad SMARTS) is 1. The fraction of sp³-hybridized carbons (Fsp3) is 0.167. The third kappa shape index (κ3) is 3.61. The van der Waals surface area contributed by atoms with Gasteiger partial charge in [0, 0.05) is 30.6 Å². The number of nitrogens with zero attached hydrogens (tertiary/aromatic N) is 1. The van der Waals surface area contributed by atoms with Crippen LogP contribution in [0.3, 0.4) is 0 Å². The second kappa shape index (κ2) is 6.89. The Kier molecular flexibility index (Phi) is 4.80. The molecular formula is C18H17FN2O4S. The van der Waals surface area contributed by atoms with Gasteiger partial charge in [-0.05, 0) is 35.9 Å². The zero-order chi connectivity index (χ0) is 18.9. The van der Waals surface area contributed by atoms with Crippen molar-refractivity contribution in [2.24, 2.45) is 7.05 Å². The Hall–Kier alpha value is -2.71. The third-order valence-corrected chi connectivity index (χ3v) is 5.61. The van der Waals surface area contributed by atoms with Crippen molar-refractivity contribution in [1.29, 1.82) is 0 Å². The van der Waals surface area contributed by atoms with E-state index in [1.54, 1.807) is 6.20 Å². The molecule has 0 aliphatic carbocycles. The summed E-state index contributed by atoms with van der Waals surface area (Å²) < 4.78 is 41.9. The highest BCUT2D eigenvalue weighted by molar-refractivity contribution is 7.89. The molecule has 0 spiro atoms. The molecule has 0 amide bonds. The number of aromatic nitrogens is 1. The summed E-state index contributed by atoms with van der Waals surface area (Å²) in [6.45, 7) is 0. The average molecular weight is 376 g/mol. The van der Waals surface area contributed by atoms with Crippen LogP contribution in [0, 0.1) is 5.82 Å². The van der Waals surface area contributed by atoms with E-state index >= 15 is 0 Å². The van der Waals surface area contributed by atoms with E-state index in [1.807, 2.05) is 35.9 Å². The summed E-state index contributed by atoms with van der Waals surface area (Å²) >= 11 is 0. The van der Waals surface area contributed by atoms with Crippen LogP contribution in [0.25, 0.3) is 10.9 Å². The number of carboxylic acids is 1. The number of aliphatic carboxylic acids is 1. The Balaban J connectivity index is 1.90. The van der Waals surface area contributed by atoms with Gasteiger partial charge in [-0.2, -0.15) is 4.72 Å². The Morgan fingerprint density at radius 3 is 2.50 bits per heavy atom. The van der Waals surface area contributed by atoms with Gasteiger partial charge in [-0.15, -0.1) is 0 Å². The molecule has 8 heteroatoms. The van der Waals surface area contributed by atoms with Gasteiger partial charge < -0.3 is 9.67 Å². The van der Waals surface area contributed by atoms with Crippen LogP contribution >= 0.6 is 0 Å². The van der Waals surface area contributed by atoms with E-state index in [0.717, 1.165) is 40.7 Å². The summed E-state index contributed by atoms with van der Waals surface area (Å²) in [6, 6.07) is 10.3. The molecular weight excluding hydrogens is 359 g/mol. The van der Waals surface area contributed by atoms with Gasteiger partial charge in [0.15, 0.2) is 0 Å². The monoisotopic (exact) mass is 376 g/mol. The van der Waals surface area contributed by atoms with Crippen LogP contribution in [0.4, 0.5) is 4.39 Å². The summed E-state index contributed by atoms with van der Waals surface area (Å²) in [6.07, 6.45) is 1.77. The molecule has 0 radical (unpaired) electrons. The van der Waals surface area contributed by atoms with Gasteiger partial charge in [0.05, 0.1) is 4.90 Å². The van der Waals surface area contributed by atoms with Crippen molar-refractivity contribution >= 4 is 26.9 Å². The number of hydrogen-bond acceptors (Lipinski definition) is 3. The summed E-state index contributed by atoms with van der Waals surface area (Å²) in [4.78, 5) is 11.4. The molecule has 0 fully saturated rings. The molecule has 0 aliphatic heterocycles. The van der Waals surface area contributed by atoms with Crippen LogP contribution in [-0.4, -0.2) is 30.1 Å². The van der Waals surface area contributed by atoms with Crippen molar-refractivity contribution in [2.45, 2.75) is 17.4 Å². The van der Waals surface area contributed by atoms with Gasteiger partial charge in [-0.3, -0.25) is 4.79 Å². The van der Waals surface area contributed by atoms with Crippen molar-refractivity contribution in [3.8, 4) is 0 Å². The third-order valence-electron chi connectivity index (χ3n) is 4.12. The number of benzene rings is 2. The average Bonchev–Trinajstić information content (AvgIpc) is 2.91. The van der Waals surface area contributed by atoms with E-state index in [-0.39, 0.29) is 11.3 Å². The molecule has 2 N–H and O–H groups in total. The highest BCUT2D eigenvalue weighted by Gasteiger charge is 2.26. The number of fused-ring (bicyclic) bond motifs is 1. The van der Waals surface area contributed by atoms with Crippen LogP contribution in [0.1, 0.15) is 5.56 Å². The normalized spacial score (nSPS) is 13.0. The first kappa shape index (κ1) is 18.1. The Morgan fingerprint density at radius 2 is 1.85 bits per heavy atom. The number of nitrogens with one attached hydrogen (secondary N) is 1. The Labute approximate surface area is 149 Å². The minimum atomic E-state index is -4.09. The number of halogens is 1. The predicted octanol–water partition coefficient (Wildman–Crippen LogP) is 2.29. The zero-order valence-electron chi connectivity index (χ0n) is 13.9. The van der Waals surface area contributed by atoms with Gasteiger partial charge in [0.2, 0.25) is 10.0 Å². The molecule has 6 nitrogen and oxygen atoms in total. The van der Waals surface area contributed by atoms with Crippen LogP contribution in [0.15, 0.2) is 59.6 Å². The molecule has 1 heterocycles. The summed E-state index contributed by atoms with van der Waals surface area (Å²) in [5, 5.41) is 10.3. The summed E-state index contributed by atoms with van der Waals surface area (Å²) in [5.41, 5.74) is 1.64. The minimum Gasteiger partial charge on any atom is -0.480 e.